The van der Waals surface area contributed by atoms with Gasteiger partial charge in [-0.2, -0.15) is 4.31 Å². The van der Waals surface area contributed by atoms with Gasteiger partial charge in [0.2, 0.25) is 15.9 Å². The van der Waals surface area contributed by atoms with E-state index in [1.165, 1.54) is 4.31 Å². The predicted molar refractivity (Wildman–Crippen MR) is 122 cm³/mol. The number of nitrogens with zero attached hydrogens (tertiary/aromatic N) is 2. The maximum Gasteiger partial charge on any atom is 0.246 e. The van der Waals surface area contributed by atoms with Gasteiger partial charge in [-0.1, -0.05) is 26.0 Å². The molecule has 0 saturated carbocycles. The molecule has 0 aliphatic carbocycles. The Bertz CT molecular complexity index is 1030. The number of ether oxygens (including phenoxy) is 1. The van der Waals surface area contributed by atoms with Crippen LogP contribution in [0.15, 0.2) is 41.3 Å². The Morgan fingerprint density at radius 2 is 1.55 bits per heavy atom. The minimum Gasteiger partial charge on any atom is -0.456 e. The number of hydrogen-bond donors (Lipinski definition) is 0. The maximum atomic E-state index is 13.5. The van der Waals surface area contributed by atoms with Crippen molar-refractivity contribution in [1.82, 2.24) is 9.21 Å². The Kier molecular flexibility index (Phi) is 7.06. The van der Waals surface area contributed by atoms with Gasteiger partial charge in [-0.25, -0.2) is 8.42 Å². The maximum absolute atomic E-state index is 13.5. The fraction of sp³-hybridized carbons (Fsp3) is 0.458. The quantitative estimate of drug-likeness (QED) is 0.667. The highest BCUT2D eigenvalue weighted by molar-refractivity contribution is 7.89. The highest BCUT2D eigenvalue weighted by Crippen LogP contribution is 2.33. The third kappa shape index (κ3) is 5.66. The number of benzene rings is 2. The molecule has 2 aromatic carbocycles. The normalized spacial score (nSPS) is 15.4. The van der Waals surface area contributed by atoms with Gasteiger partial charge < -0.3 is 9.64 Å². The van der Waals surface area contributed by atoms with E-state index in [-0.39, 0.29) is 29.8 Å². The van der Waals surface area contributed by atoms with Gasteiger partial charge in [0.15, 0.2) is 0 Å². The van der Waals surface area contributed by atoms with E-state index in [1.807, 2.05) is 58.9 Å². The van der Waals surface area contributed by atoms with Crippen molar-refractivity contribution in [3.05, 3.63) is 53.1 Å². The van der Waals surface area contributed by atoms with E-state index in [0.29, 0.717) is 31.0 Å². The highest BCUT2D eigenvalue weighted by Gasteiger charge is 2.32. The van der Waals surface area contributed by atoms with E-state index in [2.05, 4.69) is 0 Å². The third-order valence-electron chi connectivity index (χ3n) is 5.31. The van der Waals surface area contributed by atoms with Crippen LogP contribution < -0.4 is 4.74 Å². The number of amides is 1. The number of piperazine rings is 1. The van der Waals surface area contributed by atoms with Crippen molar-refractivity contribution < 1.29 is 17.9 Å². The molecule has 1 saturated heterocycles. The van der Waals surface area contributed by atoms with Crippen LogP contribution in [0.3, 0.4) is 0 Å². The van der Waals surface area contributed by atoms with Crippen molar-refractivity contribution >= 4 is 15.9 Å². The molecule has 6 nitrogen and oxygen atoms in total. The lowest BCUT2D eigenvalue weighted by Crippen LogP contribution is -2.50. The minimum atomic E-state index is -3.76. The van der Waals surface area contributed by atoms with Crippen molar-refractivity contribution in [2.45, 2.75) is 45.9 Å². The first-order valence-corrected chi connectivity index (χ1v) is 12.1. The minimum absolute atomic E-state index is 0.0847. The Hall–Kier alpha value is -2.38. The van der Waals surface area contributed by atoms with Gasteiger partial charge in [0.05, 0.1) is 0 Å². The Morgan fingerprint density at radius 1 is 0.935 bits per heavy atom. The van der Waals surface area contributed by atoms with Crippen molar-refractivity contribution in [3.8, 4) is 11.5 Å². The molecule has 0 unspecified atom stereocenters. The average Bonchev–Trinajstić information content (AvgIpc) is 2.68. The van der Waals surface area contributed by atoms with Crippen LogP contribution in [0, 0.1) is 26.7 Å². The van der Waals surface area contributed by atoms with E-state index in [1.54, 1.807) is 17.0 Å². The molecule has 31 heavy (non-hydrogen) atoms. The lowest BCUT2D eigenvalue weighted by molar-refractivity contribution is -0.133. The molecule has 0 aromatic heterocycles. The zero-order valence-corrected chi connectivity index (χ0v) is 19.8. The van der Waals surface area contributed by atoms with Crippen LogP contribution >= 0.6 is 0 Å². The molecule has 0 radical (unpaired) electrons. The van der Waals surface area contributed by atoms with Crippen LogP contribution in [0.2, 0.25) is 0 Å². The summed E-state index contributed by atoms with van der Waals surface area (Å²) in [6.07, 6.45) is 0.485. The van der Waals surface area contributed by atoms with Gasteiger partial charge in [0.25, 0.3) is 0 Å². The van der Waals surface area contributed by atoms with Gasteiger partial charge in [-0.3, -0.25) is 4.79 Å². The summed E-state index contributed by atoms with van der Waals surface area (Å²) in [5, 5.41) is 0. The van der Waals surface area contributed by atoms with Crippen LogP contribution in [-0.4, -0.2) is 49.7 Å². The highest BCUT2D eigenvalue weighted by atomic mass is 32.2. The van der Waals surface area contributed by atoms with Gasteiger partial charge in [-0.05, 0) is 67.6 Å². The average molecular weight is 445 g/mol. The van der Waals surface area contributed by atoms with E-state index < -0.39 is 10.0 Å². The summed E-state index contributed by atoms with van der Waals surface area (Å²) >= 11 is 0. The summed E-state index contributed by atoms with van der Waals surface area (Å²) in [6, 6.07) is 11.0. The van der Waals surface area contributed by atoms with Gasteiger partial charge >= 0.3 is 0 Å². The zero-order valence-electron chi connectivity index (χ0n) is 19.0. The summed E-state index contributed by atoms with van der Waals surface area (Å²) in [7, 11) is -3.76. The van der Waals surface area contributed by atoms with Crippen LogP contribution in [0.5, 0.6) is 11.5 Å². The fourth-order valence-electron chi connectivity index (χ4n) is 3.82. The molecular formula is C24H32N2O4S. The largest absolute Gasteiger partial charge is 0.456 e. The number of sulfonamides is 1. The van der Waals surface area contributed by atoms with Crippen molar-refractivity contribution in [1.29, 1.82) is 0 Å². The summed E-state index contributed by atoms with van der Waals surface area (Å²) < 4.78 is 34.5. The summed E-state index contributed by atoms with van der Waals surface area (Å²) in [6.45, 7) is 11.2. The number of aryl methyl sites for hydroxylation is 3. The molecule has 1 aliphatic rings. The lowest BCUT2D eigenvalue weighted by atomic mass is 10.1. The monoisotopic (exact) mass is 444 g/mol. The first-order valence-electron chi connectivity index (χ1n) is 10.7. The molecule has 168 valence electrons. The standard InChI is InChI=1S/C24H32N2O4S/c1-17(2)12-24(27)25-8-10-26(11-9-25)31(28,29)23-16-18(3)6-7-22(23)30-21-14-19(4)13-20(5)15-21/h6-7,13-17H,8-12H2,1-5H3. The molecule has 0 bridgehead atoms. The van der Waals surface area contributed by atoms with Crippen LogP contribution in [0.25, 0.3) is 0 Å². The van der Waals surface area contributed by atoms with Gasteiger partial charge in [-0.15, -0.1) is 0 Å². The Labute approximate surface area is 185 Å². The topological polar surface area (TPSA) is 66.9 Å². The predicted octanol–water partition coefficient (Wildman–Crippen LogP) is 4.28. The van der Waals surface area contributed by atoms with Crippen molar-refractivity contribution in [2.24, 2.45) is 5.92 Å². The van der Waals surface area contributed by atoms with Gasteiger partial charge in [0, 0.05) is 32.6 Å². The number of hydrogen-bond acceptors (Lipinski definition) is 4. The fourth-order valence-corrected chi connectivity index (χ4v) is 5.44. The molecular weight excluding hydrogens is 412 g/mol. The van der Waals surface area contributed by atoms with Crippen molar-refractivity contribution in [2.75, 3.05) is 26.2 Å². The molecule has 3 rings (SSSR count). The third-order valence-corrected chi connectivity index (χ3v) is 7.23. The van der Waals surface area contributed by atoms with Crippen molar-refractivity contribution in [3.63, 3.8) is 0 Å². The SMILES string of the molecule is Cc1cc(C)cc(Oc2ccc(C)cc2S(=O)(=O)N2CCN(C(=O)CC(C)C)CC2)c1. The molecule has 1 amide bonds. The van der Waals surface area contributed by atoms with E-state index in [9.17, 15) is 13.2 Å². The molecule has 7 heteroatoms. The van der Waals surface area contributed by atoms with E-state index in [0.717, 1.165) is 16.7 Å². The molecule has 0 N–H and O–H groups in total. The van der Waals surface area contributed by atoms with E-state index >= 15 is 0 Å². The molecule has 1 heterocycles. The molecule has 1 aliphatic heterocycles. The Balaban J connectivity index is 1.83. The first kappa shape index (κ1) is 23.3. The summed E-state index contributed by atoms with van der Waals surface area (Å²) in [4.78, 5) is 14.2. The second-order valence-corrected chi connectivity index (χ2v) is 10.7. The number of carbonyl (C=O) groups is 1. The second kappa shape index (κ2) is 9.40. The summed E-state index contributed by atoms with van der Waals surface area (Å²) in [5.74, 6) is 1.30. The lowest BCUT2D eigenvalue weighted by Gasteiger charge is -2.34. The second-order valence-electron chi connectivity index (χ2n) is 8.76. The molecule has 1 fully saturated rings. The van der Waals surface area contributed by atoms with E-state index in [4.69, 9.17) is 4.74 Å². The van der Waals surface area contributed by atoms with Crippen LogP contribution in [0.1, 0.15) is 37.0 Å². The van der Waals surface area contributed by atoms with Crippen LogP contribution in [-0.2, 0) is 14.8 Å². The van der Waals surface area contributed by atoms with Gasteiger partial charge in [0.1, 0.15) is 16.4 Å². The number of carbonyl (C=O) groups excluding carboxylic acids is 1. The number of rotatable bonds is 6. The zero-order chi connectivity index (χ0) is 22.8. The first-order chi connectivity index (χ1) is 14.6. The van der Waals surface area contributed by atoms with Crippen LogP contribution in [0.4, 0.5) is 0 Å². The summed E-state index contributed by atoms with van der Waals surface area (Å²) in [5.41, 5.74) is 2.94. The molecule has 0 atom stereocenters. The smallest absolute Gasteiger partial charge is 0.246 e. The Morgan fingerprint density at radius 3 is 2.13 bits per heavy atom. The molecule has 0 spiro atoms. The molecule has 2 aromatic rings.